The van der Waals surface area contributed by atoms with E-state index in [0.29, 0.717) is 11.1 Å². The molecule has 1 unspecified atom stereocenters. The molecule has 7 heteroatoms. The Morgan fingerprint density at radius 3 is 2.58 bits per heavy atom. The van der Waals surface area contributed by atoms with Crippen LogP contribution in [-0.4, -0.2) is 26.7 Å². The number of rotatable bonds is 4. The lowest BCUT2D eigenvalue weighted by Gasteiger charge is -2.24. The number of ketones is 1. The van der Waals surface area contributed by atoms with Gasteiger partial charge in [-0.05, 0) is 35.2 Å². The minimum absolute atomic E-state index is 0.0549. The molecule has 2 aromatic heterocycles. The molecule has 3 heterocycles. The number of halogens is 1. The minimum Gasteiger partial charge on any atom is -0.507 e. The van der Waals surface area contributed by atoms with Crippen molar-refractivity contribution in [3.8, 4) is 0 Å². The van der Waals surface area contributed by atoms with E-state index in [0.717, 1.165) is 15.8 Å². The topological polar surface area (TPSA) is 73.4 Å². The van der Waals surface area contributed by atoms with Crippen LogP contribution in [0.1, 0.15) is 22.0 Å². The molecule has 2 aromatic carbocycles. The Morgan fingerprint density at radius 1 is 1.06 bits per heavy atom. The van der Waals surface area contributed by atoms with E-state index >= 15 is 0 Å². The van der Waals surface area contributed by atoms with Gasteiger partial charge < -0.3 is 15.0 Å². The number of aliphatic hydroxyl groups is 1. The zero-order valence-corrected chi connectivity index (χ0v) is 17.0. The van der Waals surface area contributed by atoms with Gasteiger partial charge in [0.2, 0.25) is 0 Å². The highest BCUT2D eigenvalue weighted by atomic mass is 32.1. The number of aromatic amines is 1. The second-order valence-corrected chi connectivity index (χ2v) is 8.30. The number of hydrogen-bond acceptors (Lipinski definition) is 4. The van der Waals surface area contributed by atoms with Crippen molar-refractivity contribution < 1.29 is 19.1 Å². The molecule has 4 aromatic rings. The largest absolute Gasteiger partial charge is 0.507 e. The molecule has 1 fully saturated rings. The molecule has 2 N–H and O–H groups in total. The quantitative estimate of drug-likeness (QED) is 0.271. The predicted molar refractivity (Wildman–Crippen MR) is 117 cm³/mol. The molecule has 1 saturated heterocycles. The van der Waals surface area contributed by atoms with Gasteiger partial charge >= 0.3 is 0 Å². The van der Waals surface area contributed by atoms with Gasteiger partial charge in [-0.3, -0.25) is 9.59 Å². The SMILES string of the molecule is O=C1C(=O)N(Cc2ccc(F)cc2)C(c2cccs2)/C1=C(/O)c1c[nH]c2ccccc12. The van der Waals surface area contributed by atoms with Crippen molar-refractivity contribution in [3.05, 3.63) is 99.6 Å². The van der Waals surface area contributed by atoms with Crippen LogP contribution in [0.5, 0.6) is 0 Å². The summed E-state index contributed by atoms with van der Waals surface area (Å²) in [5, 5.41) is 13.8. The molecule has 1 aliphatic rings. The molecule has 0 radical (unpaired) electrons. The van der Waals surface area contributed by atoms with Crippen molar-refractivity contribution >= 4 is 39.7 Å². The fourth-order valence-corrected chi connectivity index (χ4v) is 4.83. The highest BCUT2D eigenvalue weighted by Gasteiger charge is 2.46. The van der Waals surface area contributed by atoms with Crippen molar-refractivity contribution in [1.29, 1.82) is 0 Å². The third-order valence-corrected chi connectivity index (χ3v) is 6.39. The van der Waals surface area contributed by atoms with Crippen LogP contribution >= 0.6 is 11.3 Å². The molecule has 31 heavy (non-hydrogen) atoms. The molecule has 0 bridgehead atoms. The van der Waals surface area contributed by atoms with E-state index < -0.39 is 17.7 Å². The summed E-state index contributed by atoms with van der Waals surface area (Å²) >= 11 is 1.40. The number of likely N-dealkylation sites (tertiary alicyclic amines) is 1. The molecular weight excluding hydrogens is 415 g/mol. The fourth-order valence-electron chi connectivity index (χ4n) is 3.98. The summed E-state index contributed by atoms with van der Waals surface area (Å²) in [5.74, 6) is -2.01. The molecule has 1 atom stereocenters. The van der Waals surface area contributed by atoms with E-state index in [2.05, 4.69) is 4.98 Å². The summed E-state index contributed by atoms with van der Waals surface area (Å²) in [6.45, 7) is 0.123. The Morgan fingerprint density at radius 2 is 1.84 bits per heavy atom. The number of para-hydroxylation sites is 1. The first-order valence-electron chi connectivity index (χ1n) is 9.67. The van der Waals surface area contributed by atoms with Gasteiger partial charge in [-0.1, -0.05) is 36.4 Å². The maximum absolute atomic E-state index is 13.3. The summed E-state index contributed by atoms with van der Waals surface area (Å²) < 4.78 is 13.3. The van der Waals surface area contributed by atoms with Gasteiger partial charge in [-0.15, -0.1) is 11.3 Å². The van der Waals surface area contributed by atoms with Gasteiger partial charge in [-0.25, -0.2) is 4.39 Å². The Hall–Kier alpha value is -3.71. The number of carbonyl (C=O) groups is 2. The predicted octanol–water partition coefficient (Wildman–Crippen LogP) is 4.99. The second kappa shape index (κ2) is 7.52. The first-order valence-corrected chi connectivity index (χ1v) is 10.6. The van der Waals surface area contributed by atoms with E-state index in [9.17, 15) is 19.1 Å². The third kappa shape index (κ3) is 3.23. The molecule has 0 aliphatic carbocycles. The monoisotopic (exact) mass is 432 g/mol. The Kier molecular flexibility index (Phi) is 4.67. The number of thiophene rings is 1. The molecule has 0 saturated carbocycles. The highest BCUT2D eigenvalue weighted by molar-refractivity contribution is 7.10. The zero-order valence-electron chi connectivity index (χ0n) is 16.2. The van der Waals surface area contributed by atoms with Crippen molar-refractivity contribution in [2.45, 2.75) is 12.6 Å². The number of nitrogens with one attached hydrogen (secondary N) is 1. The number of nitrogens with zero attached hydrogens (tertiary/aromatic N) is 1. The highest BCUT2D eigenvalue weighted by Crippen LogP contribution is 2.42. The van der Waals surface area contributed by atoms with Crippen LogP contribution < -0.4 is 0 Å². The van der Waals surface area contributed by atoms with E-state index in [1.165, 1.54) is 28.4 Å². The Labute approximate surface area is 181 Å². The Bertz CT molecular complexity index is 1320. The van der Waals surface area contributed by atoms with Crippen LogP contribution in [0, 0.1) is 5.82 Å². The van der Waals surface area contributed by atoms with Gasteiger partial charge in [0.1, 0.15) is 11.6 Å². The first-order chi connectivity index (χ1) is 15.0. The van der Waals surface area contributed by atoms with E-state index in [4.69, 9.17) is 0 Å². The molecule has 0 spiro atoms. The molecule has 5 nitrogen and oxygen atoms in total. The zero-order chi connectivity index (χ0) is 21.5. The van der Waals surface area contributed by atoms with Gasteiger partial charge in [0.05, 0.1) is 11.6 Å². The lowest BCUT2D eigenvalue weighted by atomic mass is 9.99. The van der Waals surface area contributed by atoms with Crippen LogP contribution in [0.15, 0.2) is 77.8 Å². The lowest BCUT2D eigenvalue weighted by molar-refractivity contribution is -0.140. The van der Waals surface area contributed by atoms with E-state index in [-0.39, 0.29) is 23.7 Å². The molecule has 154 valence electrons. The van der Waals surface area contributed by atoms with Crippen LogP contribution in [0.4, 0.5) is 4.39 Å². The third-order valence-electron chi connectivity index (χ3n) is 5.46. The van der Waals surface area contributed by atoms with Crippen LogP contribution in [-0.2, 0) is 16.1 Å². The number of Topliss-reactive ketones (excluding diaryl/α,β-unsaturated/α-hetero) is 1. The number of benzene rings is 2. The van der Waals surface area contributed by atoms with Crippen LogP contribution in [0.3, 0.4) is 0 Å². The first kappa shape index (κ1) is 19.3. The summed E-state index contributed by atoms with van der Waals surface area (Å²) in [7, 11) is 0. The number of amides is 1. The number of carbonyl (C=O) groups excluding carboxylic acids is 2. The number of aromatic nitrogens is 1. The van der Waals surface area contributed by atoms with Crippen molar-refractivity contribution in [1.82, 2.24) is 9.88 Å². The number of H-pyrrole nitrogens is 1. The number of fused-ring (bicyclic) bond motifs is 1. The fraction of sp³-hybridized carbons (Fsp3) is 0.0833. The normalized spacial score (nSPS) is 18.2. The maximum atomic E-state index is 13.3. The average molecular weight is 432 g/mol. The molecule has 1 aliphatic heterocycles. The number of hydrogen-bond donors (Lipinski definition) is 2. The number of aliphatic hydroxyl groups excluding tert-OH is 1. The van der Waals surface area contributed by atoms with Crippen LogP contribution in [0.25, 0.3) is 16.7 Å². The van der Waals surface area contributed by atoms with Gasteiger partial charge in [0.25, 0.3) is 11.7 Å². The van der Waals surface area contributed by atoms with Gasteiger partial charge in [0, 0.05) is 34.1 Å². The molecular formula is C24H17FN2O3S. The summed E-state index contributed by atoms with van der Waals surface area (Å²) in [6, 6.07) is 16.2. The van der Waals surface area contributed by atoms with Gasteiger partial charge in [0.15, 0.2) is 0 Å². The summed E-state index contributed by atoms with van der Waals surface area (Å²) in [4.78, 5) is 31.3. The van der Waals surface area contributed by atoms with Crippen molar-refractivity contribution in [3.63, 3.8) is 0 Å². The standard InChI is InChI=1S/C24H17FN2O3S/c25-15-9-7-14(8-10-15)13-27-21(19-6-3-11-31-19)20(23(29)24(27)30)22(28)17-12-26-18-5-2-1-4-16(17)18/h1-12,21,26,28H,13H2/b22-20-. The van der Waals surface area contributed by atoms with Crippen LogP contribution in [0.2, 0.25) is 0 Å². The average Bonchev–Trinajstić information content (AvgIpc) is 3.50. The second-order valence-electron chi connectivity index (χ2n) is 7.32. The summed E-state index contributed by atoms with van der Waals surface area (Å²) in [5.41, 5.74) is 2.03. The summed E-state index contributed by atoms with van der Waals surface area (Å²) in [6.07, 6.45) is 1.64. The molecule has 5 rings (SSSR count). The molecule has 1 amide bonds. The van der Waals surface area contributed by atoms with E-state index in [1.807, 2.05) is 41.8 Å². The van der Waals surface area contributed by atoms with Crippen molar-refractivity contribution in [2.75, 3.05) is 0 Å². The Balaban J connectivity index is 1.65. The lowest BCUT2D eigenvalue weighted by Crippen LogP contribution is -2.28. The van der Waals surface area contributed by atoms with Crippen molar-refractivity contribution in [2.24, 2.45) is 0 Å². The van der Waals surface area contributed by atoms with E-state index in [1.54, 1.807) is 18.3 Å². The smallest absolute Gasteiger partial charge is 0.295 e. The maximum Gasteiger partial charge on any atom is 0.295 e. The minimum atomic E-state index is -0.733. The van der Waals surface area contributed by atoms with Gasteiger partial charge in [-0.2, -0.15) is 0 Å².